The smallest absolute Gasteiger partial charge is 0.264 e. The van der Waals surface area contributed by atoms with E-state index >= 15 is 0 Å². The Kier molecular flexibility index (Phi) is 4.05. The first-order chi connectivity index (χ1) is 10.1. The lowest BCUT2D eigenvalue weighted by Gasteiger charge is -2.00. The molecule has 1 N–H and O–H groups in total. The third-order valence-corrected chi connectivity index (χ3v) is 4.34. The van der Waals surface area contributed by atoms with Crippen molar-refractivity contribution in [1.82, 2.24) is 5.32 Å². The van der Waals surface area contributed by atoms with E-state index in [2.05, 4.69) is 10.3 Å². The minimum Gasteiger partial charge on any atom is -0.465 e. The molecule has 0 aliphatic carbocycles. The normalized spacial score (nSPS) is 18.5. The number of carbonyl (C=O) groups is 1. The molecule has 3 rings (SSSR count). The predicted octanol–water partition coefficient (Wildman–Crippen LogP) is 4.48. The van der Waals surface area contributed by atoms with Gasteiger partial charge in [-0.25, -0.2) is 4.99 Å². The molecule has 1 amide bonds. The predicted molar refractivity (Wildman–Crippen MR) is 86.0 cm³/mol. The second-order valence-corrected chi connectivity index (χ2v) is 5.89. The molecule has 0 unspecified atom stereocenters. The topological polar surface area (TPSA) is 54.6 Å². The molecule has 1 aliphatic rings. The summed E-state index contributed by atoms with van der Waals surface area (Å²) in [4.78, 5) is 16.7. The largest absolute Gasteiger partial charge is 0.465 e. The quantitative estimate of drug-likeness (QED) is 0.821. The van der Waals surface area contributed by atoms with Crippen LogP contribution in [0, 0.1) is 0 Å². The average Bonchev–Trinajstić information content (AvgIpc) is 3.07. The number of carbonyl (C=O) groups excluding carboxylic acids is 1. The molecule has 2 aromatic rings. The van der Waals surface area contributed by atoms with E-state index in [0.29, 0.717) is 31.6 Å². The second kappa shape index (κ2) is 5.97. The SMILES string of the molecule is O=C1NC(=Nc2cccc(Cl)c2Cl)SC1=Cc1ccco1. The summed E-state index contributed by atoms with van der Waals surface area (Å²) in [5, 5.41) is 3.89. The number of hydrogen-bond acceptors (Lipinski definition) is 4. The van der Waals surface area contributed by atoms with Crippen LogP contribution in [-0.4, -0.2) is 11.1 Å². The monoisotopic (exact) mass is 338 g/mol. The summed E-state index contributed by atoms with van der Waals surface area (Å²) in [6, 6.07) is 8.67. The molecule has 1 aliphatic heterocycles. The second-order valence-electron chi connectivity index (χ2n) is 4.07. The van der Waals surface area contributed by atoms with E-state index in [4.69, 9.17) is 27.6 Å². The summed E-state index contributed by atoms with van der Waals surface area (Å²) in [6.45, 7) is 0. The maximum Gasteiger partial charge on any atom is 0.264 e. The Labute approximate surface area is 134 Å². The standard InChI is InChI=1S/C14H8Cl2N2O2S/c15-9-4-1-5-10(12(9)16)17-14-18-13(19)11(21-14)7-8-3-2-6-20-8/h1-7H,(H,17,18,19). The molecular formula is C14H8Cl2N2O2S. The molecule has 1 fully saturated rings. The zero-order chi connectivity index (χ0) is 14.8. The van der Waals surface area contributed by atoms with Gasteiger partial charge in [-0.1, -0.05) is 29.3 Å². The average molecular weight is 339 g/mol. The van der Waals surface area contributed by atoms with Crippen molar-refractivity contribution in [2.24, 2.45) is 4.99 Å². The van der Waals surface area contributed by atoms with Gasteiger partial charge in [-0.15, -0.1) is 0 Å². The number of furan rings is 1. The van der Waals surface area contributed by atoms with Crippen molar-refractivity contribution >= 4 is 57.8 Å². The van der Waals surface area contributed by atoms with Gasteiger partial charge in [0, 0.05) is 6.08 Å². The first kappa shape index (κ1) is 14.3. The number of amides is 1. The highest BCUT2D eigenvalue weighted by Gasteiger charge is 2.24. The van der Waals surface area contributed by atoms with Crippen LogP contribution < -0.4 is 5.32 Å². The third-order valence-electron chi connectivity index (χ3n) is 2.62. The number of aliphatic imine (C=N–C) groups is 1. The van der Waals surface area contributed by atoms with Gasteiger partial charge in [0.25, 0.3) is 5.91 Å². The van der Waals surface area contributed by atoms with Gasteiger partial charge in [0.1, 0.15) is 5.76 Å². The van der Waals surface area contributed by atoms with Gasteiger partial charge in [0.2, 0.25) is 0 Å². The fraction of sp³-hybridized carbons (Fsp3) is 0. The summed E-state index contributed by atoms with van der Waals surface area (Å²) < 4.78 is 5.18. The lowest BCUT2D eigenvalue weighted by atomic mass is 10.3. The number of nitrogens with zero attached hydrogens (tertiary/aromatic N) is 1. The highest BCUT2D eigenvalue weighted by atomic mass is 35.5. The highest BCUT2D eigenvalue weighted by molar-refractivity contribution is 8.18. The number of hydrogen-bond donors (Lipinski definition) is 1. The molecule has 0 atom stereocenters. The van der Waals surface area contributed by atoms with Gasteiger partial charge in [-0.2, -0.15) is 0 Å². The van der Waals surface area contributed by atoms with Gasteiger partial charge >= 0.3 is 0 Å². The van der Waals surface area contributed by atoms with E-state index < -0.39 is 0 Å². The zero-order valence-electron chi connectivity index (χ0n) is 10.5. The van der Waals surface area contributed by atoms with Crippen LogP contribution in [0.1, 0.15) is 5.76 Å². The van der Waals surface area contributed by atoms with Crippen molar-refractivity contribution in [3.63, 3.8) is 0 Å². The summed E-state index contributed by atoms with van der Waals surface area (Å²) in [6.07, 6.45) is 3.20. The fourth-order valence-corrected chi connectivity index (χ4v) is 2.82. The van der Waals surface area contributed by atoms with Crippen molar-refractivity contribution < 1.29 is 9.21 Å². The van der Waals surface area contributed by atoms with Crippen LogP contribution in [0.4, 0.5) is 5.69 Å². The fourth-order valence-electron chi connectivity index (χ4n) is 1.67. The molecule has 0 radical (unpaired) electrons. The van der Waals surface area contributed by atoms with E-state index in [1.807, 2.05) is 0 Å². The zero-order valence-corrected chi connectivity index (χ0v) is 12.8. The maximum atomic E-state index is 11.9. The Morgan fingerprint density at radius 2 is 2.10 bits per heavy atom. The summed E-state index contributed by atoms with van der Waals surface area (Å²) >= 11 is 13.2. The highest BCUT2D eigenvalue weighted by Crippen LogP contribution is 2.34. The van der Waals surface area contributed by atoms with E-state index in [1.165, 1.54) is 11.8 Å². The van der Waals surface area contributed by atoms with Crippen LogP contribution in [0.2, 0.25) is 10.0 Å². The van der Waals surface area contributed by atoms with Crippen LogP contribution >= 0.6 is 35.0 Å². The van der Waals surface area contributed by atoms with E-state index in [0.717, 1.165) is 0 Å². The molecule has 0 saturated carbocycles. The van der Waals surface area contributed by atoms with Gasteiger partial charge in [0.15, 0.2) is 5.17 Å². The molecule has 1 aromatic heterocycles. The lowest BCUT2D eigenvalue weighted by Crippen LogP contribution is -2.19. The Balaban J connectivity index is 1.87. The van der Waals surface area contributed by atoms with Crippen molar-refractivity contribution in [2.75, 3.05) is 0 Å². The number of rotatable bonds is 2. The number of amidine groups is 1. The molecular weight excluding hydrogens is 331 g/mol. The van der Waals surface area contributed by atoms with Crippen LogP contribution in [0.3, 0.4) is 0 Å². The summed E-state index contributed by atoms with van der Waals surface area (Å²) in [7, 11) is 0. The minimum atomic E-state index is -0.228. The van der Waals surface area contributed by atoms with Crippen molar-refractivity contribution in [3.05, 3.63) is 57.3 Å². The summed E-state index contributed by atoms with van der Waals surface area (Å²) in [5.74, 6) is 0.378. The van der Waals surface area contributed by atoms with Gasteiger partial charge in [-0.05, 0) is 36.0 Å². The Bertz CT molecular complexity index is 754. The maximum absolute atomic E-state index is 11.9. The lowest BCUT2D eigenvalue weighted by molar-refractivity contribution is -0.115. The molecule has 21 heavy (non-hydrogen) atoms. The van der Waals surface area contributed by atoms with Gasteiger partial charge < -0.3 is 9.73 Å². The van der Waals surface area contributed by atoms with Crippen molar-refractivity contribution in [3.8, 4) is 0 Å². The Morgan fingerprint density at radius 3 is 2.86 bits per heavy atom. The van der Waals surface area contributed by atoms with Crippen molar-refractivity contribution in [2.45, 2.75) is 0 Å². The molecule has 1 aromatic carbocycles. The molecule has 106 valence electrons. The van der Waals surface area contributed by atoms with E-state index in [9.17, 15) is 4.79 Å². The number of nitrogens with one attached hydrogen (secondary N) is 1. The van der Waals surface area contributed by atoms with Crippen LogP contribution in [-0.2, 0) is 4.79 Å². The number of thioether (sulfide) groups is 1. The molecule has 4 nitrogen and oxygen atoms in total. The van der Waals surface area contributed by atoms with Gasteiger partial charge in [-0.3, -0.25) is 4.79 Å². The molecule has 7 heteroatoms. The Hall–Kier alpha value is -1.69. The molecule has 0 spiro atoms. The van der Waals surface area contributed by atoms with Gasteiger partial charge in [0.05, 0.1) is 26.9 Å². The Morgan fingerprint density at radius 1 is 1.24 bits per heavy atom. The number of benzene rings is 1. The number of halogens is 2. The van der Waals surface area contributed by atoms with Crippen molar-refractivity contribution in [1.29, 1.82) is 0 Å². The summed E-state index contributed by atoms with van der Waals surface area (Å²) in [5.41, 5.74) is 0.506. The minimum absolute atomic E-state index is 0.228. The van der Waals surface area contributed by atoms with Crippen LogP contribution in [0.5, 0.6) is 0 Å². The molecule has 1 saturated heterocycles. The molecule has 2 heterocycles. The van der Waals surface area contributed by atoms with E-state index in [1.54, 1.807) is 42.7 Å². The van der Waals surface area contributed by atoms with Crippen LogP contribution in [0.15, 0.2) is 50.9 Å². The van der Waals surface area contributed by atoms with Crippen LogP contribution in [0.25, 0.3) is 6.08 Å². The first-order valence-electron chi connectivity index (χ1n) is 5.90. The molecule has 0 bridgehead atoms. The van der Waals surface area contributed by atoms with E-state index in [-0.39, 0.29) is 5.91 Å². The third kappa shape index (κ3) is 3.15. The first-order valence-corrected chi connectivity index (χ1v) is 7.48.